The van der Waals surface area contributed by atoms with Gasteiger partial charge in [-0.2, -0.15) is 0 Å². The zero-order chi connectivity index (χ0) is 10.9. The molecule has 0 saturated heterocycles. The van der Waals surface area contributed by atoms with Gasteiger partial charge in [-0.1, -0.05) is 37.1 Å². The van der Waals surface area contributed by atoms with Gasteiger partial charge in [0, 0.05) is 4.90 Å². The van der Waals surface area contributed by atoms with E-state index in [0.29, 0.717) is 6.61 Å². The summed E-state index contributed by atoms with van der Waals surface area (Å²) in [4.78, 5) is 5.79. The highest BCUT2D eigenvalue weighted by Gasteiger charge is 2.01. The van der Waals surface area contributed by atoms with Gasteiger partial charge in [0.25, 0.3) is 0 Å². The SMILES string of the molecule is CCCOOOSc1ccccc1CC. The molecule has 0 aromatic heterocycles. The lowest BCUT2D eigenvalue weighted by Gasteiger charge is -2.05. The maximum Gasteiger partial charge on any atom is 0.0851 e. The van der Waals surface area contributed by atoms with Crippen LogP contribution in [0.2, 0.25) is 0 Å². The standard InChI is InChI=1S/C11H16O3S/c1-3-9-12-13-14-15-11-8-6-5-7-10(11)4-2/h5-8H,3-4,9H2,1-2H3. The molecule has 0 radical (unpaired) electrons. The quantitative estimate of drug-likeness (QED) is 0.309. The third kappa shape index (κ3) is 4.66. The molecule has 1 aromatic carbocycles. The molecule has 4 heteroatoms. The first-order chi connectivity index (χ1) is 7.38. The van der Waals surface area contributed by atoms with Gasteiger partial charge in [-0.05, 0) is 24.5 Å². The molecule has 0 heterocycles. The highest BCUT2D eigenvalue weighted by atomic mass is 32.2. The molecule has 1 rings (SSSR count). The number of benzene rings is 1. The Bertz CT molecular complexity index is 278. The van der Waals surface area contributed by atoms with Gasteiger partial charge in [0.1, 0.15) is 0 Å². The average molecular weight is 228 g/mol. The Morgan fingerprint density at radius 2 is 2.00 bits per heavy atom. The summed E-state index contributed by atoms with van der Waals surface area (Å²) in [5, 5.41) is 4.54. The van der Waals surface area contributed by atoms with E-state index in [1.54, 1.807) is 0 Å². The van der Waals surface area contributed by atoms with Crippen LogP contribution in [0.25, 0.3) is 0 Å². The zero-order valence-corrected chi connectivity index (χ0v) is 9.88. The van der Waals surface area contributed by atoms with E-state index in [2.05, 4.69) is 18.0 Å². The van der Waals surface area contributed by atoms with Crippen LogP contribution in [-0.4, -0.2) is 6.61 Å². The molecule has 0 saturated carbocycles. The molecule has 0 aliphatic heterocycles. The predicted molar refractivity (Wildman–Crippen MR) is 60.1 cm³/mol. The molecule has 0 bridgehead atoms. The molecule has 0 fully saturated rings. The minimum absolute atomic E-state index is 0.538. The summed E-state index contributed by atoms with van der Waals surface area (Å²) in [5.74, 6) is 0. The van der Waals surface area contributed by atoms with Gasteiger partial charge in [0.2, 0.25) is 0 Å². The number of rotatable bonds is 7. The monoisotopic (exact) mass is 228 g/mol. The van der Waals surface area contributed by atoms with Gasteiger partial charge >= 0.3 is 0 Å². The van der Waals surface area contributed by atoms with Crippen molar-refractivity contribution in [1.82, 2.24) is 0 Å². The topological polar surface area (TPSA) is 27.7 Å². The molecule has 0 unspecified atom stereocenters. The fraction of sp³-hybridized carbons (Fsp3) is 0.455. The van der Waals surface area contributed by atoms with E-state index < -0.39 is 0 Å². The highest BCUT2D eigenvalue weighted by Crippen LogP contribution is 2.23. The lowest BCUT2D eigenvalue weighted by molar-refractivity contribution is -0.460. The van der Waals surface area contributed by atoms with Crippen LogP contribution in [0.4, 0.5) is 0 Å². The van der Waals surface area contributed by atoms with Gasteiger partial charge in [-0.25, -0.2) is 4.89 Å². The van der Waals surface area contributed by atoms with E-state index in [0.717, 1.165) is 17.7 Å². The van der Waals surface area contributed by atoms with Crippen LogP contribution in [0, 0.1) is 0 Å². The Kier molecular flexibility index (Phi) is 6.43. The molecule has 0 N–H and O–H groups in total. The summed E-state index contributed by atoms with van der Waals surface area (Å²) in [7, 11) is 0. The van der Waals surface area contributed by atoms with E-state index in [-0.39, 0.29) is 0 Å². The van der Waals surface area contributed by atoms with Crippen molar-refractivity contribution < 1.29 is 14.3 Å². The second-order valence-corrected chi connectivity index (χ2v) is 3.75. The summed E-state index contributed by atoms with van der Waals surface area (Å²) in [6, 6.07) is 8.04. The van der Waals surface area contributed by atoms with Crippen LogP contribution in [0.1, 0.15) is 25.8 Å². The van der Waals surface area contributed by atoms with Gasteiger partial charge in [-0.3, -0.25) is 0 Å². The lowest BCUT2D eigenvalue weighted by atomic mass is 10.2. The Morgan fingerprint density at radius 1 is 1.20 bits per heavy atom. The van der Waals surface area contributed by atoms with Crippen LogP contribution in [0.3, 0.4) is 0 Å². The van der Waals surface area contributed by atoms with Crippen molar-refractivity contribution in [2.45, 2.75) is 31.6 Å². The Labute approximate surface area is 94.8 Å². The maximum absolute atomic E-state index is 4.86. The summed E-state index contributed by atoms with van der Waals surface area (Å²) >= 11 is 1.17. The summed E-state index contributed by atoms with van der Waals surface area (Å²) in [5.41, 5.74) is 1.24. The van der Waals surface area contributed by atoms with Crippen LogP contribution in [0.15, 0.2) is 29.2 Å². The molecule has 15 heavy (non-hydrogen) atoms. The Balaban J connectivity index is 2.30. The van der Waals surface area contributed by atoms with E-state index >= 15 is 0 Å². The smallest absolute Gasteiger partial charge is 0.0851 e. The van der Waals surface area contributed by atoms with Crippen LogP contribution >= 0.6 is 12.0 Å². The average Bonchev–Trinajstić information content (AvgIpc) is 2.29. The van der Waals surface area contributed by atoms with E-state index in [1.165, 1.54) is 17.6 Å². The van der Waals surface area contributed by atoms with E-state index in [4.69, 9.17) is 9.22 Å². The van der Waals surface area contributed by atoms with Crippen molar-refractivity contribution in [3.63, 3.8) is 0 Å². The molecular weight excluding hydrogens is 212 g/mol. The number of hydrogen-bond donors (Lipinski definition) is 0. The normalized spacial score (nSPS) is 10.5. The summed E-state index contributed by atoms with van der Waals surface area (Å²) < 4.78 is 4.86. The minimum Gasteiger partial charge on any atom is -0.205 e. The fourth-order valence-corrected chi connectivity index (χ4v) is 1.66. The summed E-state index contributed by atoms with van der Waals surface area (Å²) in [6.07, 6.45) is 1.88. The van der Waals surface area contributed by atoms with E-state index in [9.17, 15) is 0 Å². The Morgan fingerprint density at radius 3 is 2.73 bits per heavy atom. The lowest BCUT2D eigenvalue weighted by Crippen LogP contribution is -1.93. The van der Waals surface area contributed by atoms with Gasteiger partial charge in [0.15, 0.2) is 0 Å². The van der Waals surface area contributed by atoms with Crippen molar-refractivity contribution in [3.05, 3.63) is 29.8 Å². The van der Waals surface area contributed by atoms with Gasteiger partial charge in [-0.15, -0.1) is 4.33 Å². The first-order valence-electron chi connectivity index (χ1n) is 5.09. The predicted octanol–water partition coefficient (Wildman–Crippen LogP) is 3.55. The molecule has 3 nitrogen and oxygen atoms in total. The largest absolute Gasteiger partial charge is 0.205 e. The summed E-state index contributed by atoms with van der Waals surface area (Å²) in [6.45, 7) is 4.65. The van der Waals surface area contributed by atoms with Crippen molar-refractivity contribution in [1.29, 1.82) is 0 Å². The second-order valence-electron chi connectivity index (χ2n) is 3.00. The van der Waals surface area contributed by atoms with E-state index in [1.807, 2.05) is 25.1 Å². The Hall–Kier alpha value is -0.550. The maximum atomic E-state index is 4.86. The third-order valence-electron chi connectivity index (χ3n) is 1.84. The molecule has 0 atom stereocenters. The zero-order valence-electron chi connectivity index (χ0n) is 9.06. The highest BCUT2D eigenvalue weighted by molar-refractivity contribution is 7.94. The molecular formula is C11H16O3S. The van der Waals surface area contributed by atoms with Crippen molar-refractivity contribution >= 4 is 12.0 Å². The molecule has 0 spiro atoms. The molecule has 0 aliphatic rings. The first kappa shape index (κ1) is 12.5. The minimum atomic E-state index is 0.538. The van der Waals surface area contributed by atoms with Crippen LogP contribution in [-0.2, 0) is 20.7 Å². The molecule has 1 aromatic rings. The molecule has 0 aliphatic carbocycles. The second kappa shape index (κ2) is 7.70. The number of aryl methyl sites for hydroxylation is 1. The molecule has 84 valence electrons. The van der Waals surface area contributed by atoms with Gasteiger partial charge in [0.05, 0.1) is 18.6 Å². The fourth-order valence-electron chi connectivity index (χ4n) is 1.06. The van der Waals surface area contributed by atoms with Crippen LogP contribution < -0.4 is 0 Å². The van der Waals surface area contributed by atoms with Crippen molar-refractivity contribution in [3.8, 4) is 0 Å². The van der Waals surface area contributed by atoms with Crippen molar-refractivity contribution in [2.75, 3.05) is 6.61 Å². The van der Waals surface area contributed by atoms with Gasteiger partial charge < -0.3 is 0 Å². The molecule has 0 amide bonds. The van der Waals surface area contributed by atoms with Crippen molar-refractivity contribution in [2.24, 2.45) is 0 Å². The first-order valence-corrected chi connectivity index (χ1v) is 5.83. The third-order valence-corrected chi connectivity index (χ3v) is 2.54. The number of hydrogen-bond acceptors (Lipinski definition) is 4. The van der Waals surface area contributed by atoms with Crippen LogP contribution in [0.5, 0.6) is 0 Å².